The van der Waals surface area contributed by atoms with Crippen LogP contribution in [0.3, 0.4) is 0 Å². The molecular weight excluding hydrogens is 226 g/mol. The van der Waals surface area contributed by atoms with Gasteiger partial charge in [0.1, 0.15) is 11.0 Å². The molecule has 0 amide bonds. The van der Waals surface area contributed by atoms with E-state index in [1.54, 1.807) is 0 Å². The Morgan fingerprint density at radius 1 is 1.35 bits per heavy atom. The fraction of sp³-hybridized carbons (Fsp3) is 0.267. The maximum Gasteiger partial charge on any atom is 0.164 e. The molecule has 0 fully saturated rings. The molecule has 0 N–H and O–H groups in total. The van der Waals surface area contributed by atoms with Crippen LogP contribution in [0.15, 0.2) is 46.9 Å². The van der Waals surface area contributed by atoms with E-state index < -0.39 is 0 Å². The first-order chi connectivity index (χ1) is 8.29. The van der Waals surface area contributed by atoms with Gasteiger partial charge in [-0.2, -0.15) is 5.26 Å². The zero-order valence-corrected chi connectivity index (χ0v) is 10.6. The summed E-state index contributed by atoms with van der Waals surface area (Å²) in [4.78, 5) is 1.39. The first-order valence-corrected chi connectivity index (χ1v) is 7.32. The van der Waals surface area contributed by atoms with Crippen LogP contribution < -0.4 is 0 Å². The first-order valence-electron chi connectivity index (χ1n) is 5.86. The third-order valence-electron chi connectivity index (χ3n) is 3.43. The van der Waals surface area contributed by atoms with Crippen molar-refractivity contribution in [3.05, 3.63) is 47.6 Å². The second kappa shape index (κ2) is 4.09. The van der Waals surface area contributed by atoms with Gasteiger partial charge in [0.15, 0.2) is 4.90 Å². The third-order valence-corrected chi connectivity index (χ3v) is 5.91. The largest absolute Gasteiger partial charge is 0.192 e. The van der Waals surface area contributed by atoms with Gasteiger partial charge in [-0.15, -0.1) is 0 Å². The number of fused-ring (bicyclic) bond motifs is 3. The standard InChI is InChI=1S/C15H14NS/c1-11-6-7-17-13(8-11)9-12(10-16)14-4-2-3-5-15(14)17/h2-6,9,13H,7-8H2,1H3/q+1. The quantitative estimate of drug-likeness (QED) is 0.504. The number of allylic oxidation sites excluding steroid dienone is 2. The topological polar surface area (TPSA) is 23.8 Å². The number of nitrogens with zero attached hydrogens (tertiary/aromatic N) is 1. The van der Waals surface area contributed by atoms with E-state index in [2.05, 4.69) is 43.3 Å². The van der Waals surface area contributed by atoms with Gasteiger partial charge in [-0.05, 0) is 31.2 Å². The lowest BCUT2D eigenvalue weighted by Gasteiger charge is -2.25. The second-order valence-electron chi connectivity index (χ2n) is 4.58. The Morgan fingerprint density at radius 3 is 3.00 bits per heavy atom. The molecule has 2 heterocycles. The van der Waals surface area contributed by atoms with Crippen LogP contribution >= 0.6 is 0 Å². The number of rotatable bonds is 0. The second-order valence-corrected chi connectivity index (χ2v) is 6.81. The molecule has 0 spiro atoms. The molecule has 1 nitrogen and oxygen atoms in total. The summed E-state index contributed by atoms with van der Waals surface area (Å²) in [6.07, 6.45) is 5.67. The molecule has 0 saturated carbocycles. The molecule has 0 aromatic heterocycles. The lowest BCUT2D eigenvalue weighted by atomic mass is 10.0. The van der Waals surface area contributed by atoms with E-state index in [1.807, 2.05) is 6.07 Å². The number of nitriles is 1. The normalized spacial score (nSPS) is 26.1. The van der Waals surface area contributed by atoms with Crippen LogP contribution in [0.1, 0.15) is 18.9 Å². The van der Waals surface area contributed by atoms with Crippen LogP contribution in [0.4, 0.5) is 0 Å². The lowest BCUT2D eigenvalue weighted by Crippen LogP contribution is -2.29. The van der Waals surface area contributed by atoms with Crippen LogP contribution in [0.5, 0.6) is 0 Å². The molecule has 84 valence electrons. The highest BCUT2D eigenvalue weighted by molar-refractivity contribution is 7.98. The maximum absolute atomic E-state index is 9.26. The number of hydrogen-bond acceptors (Lipinski definition) is 1. The summed E-state index contributed by atoms with van der Waals surface area (Å²) < 4.78 is 0. The molecule has 2 aliphatic rings. The summed E-state index contributed by atoms with van der Waals surface area (Å²) in [5.74, 6) is 1.14. The van der Waals surface area contributed by atoms with E-state index in [4.69, 9.17) is 0 Å². The Hall–Kier alpha value is -1.46. The van der Waals surface area contributed by atoms with Crippen molar-refractivity contribution in [2.75, 3.05) is 5.75 Å². The van der Waals surface area contributed by atoms with Gasteiger partial charge in [0.05, 0.1) is 11.6 Å². The van der Waals surface area contributed by atoms with Gasteiger partial charge in [0, 0.05) is 22.9 Å². The highest BCUT2D eigenvalue weighted by atomic mass is 32.2. The number of hydrogen-bond donors (Lipinski definition) is 0. The van der Waals surface area contributed by atoms with Crippen molar-refractivity contribution in [1.82, 2.24) is 0 Å². The van der Waals surface area contributed by atoms with Crippen LogP contribution in [-0.2, 0) is 10.9 Å². The summed E-state index contributed by atoms with van der Waals surface area (Å²) in [7, 11) is 0.276. The molecule has 0 saturated heterocycles. The van der Waals surface area contributed by atoms with E-state index in [9.17, 15) is 5.26 Å². The van der Waals surface area contributed by atoms with Crippen LogP contribution in [0, 0.1) is 11.3 Å². The average Bonchev–Trinajstić information content (AvgIpc) is 2.37. The highest BCUT2D eigenvalue weighted by Crippen LogP contribution is 2.38. The smallest absolute Gasteiger partial charge is 0.164 e. The fourth-order valence-electron chi connectivity index (χ4n) is 2.54. The minimum Gasteiger partial charge on any atom is -0.192 e. The SMILES string of the molecule is CC1=CC[S+]2c3ccccc3C(C#N)=CC2C1. The van der Waals surface area contributed by atoms with Crippen molar-refractivity contribution in [3.63, 3.8) is 0 Å². The molecule has 17 heavy (non-hydrogen) atoms. The molecule has 0 radical (unpaired) electrons. The molecule has 0 bridgehead atoms. The van der Waals surface area contributed by atoms with E-state index in [0.717, 1.165) is 23.3 Å². The van der Waals surface area contributed by atoms with E-state index in [1.165, 1.54) is 10.5 Å². The van der Waals surface area contributed by atoms with E-state index >= 15 is 0 Å². The van der Waals surface area contributed by atoms with Gasteiger partial charge >= 0.3 is 0 Å². The van der Waals surface area contributed by atoms with Crippen LogP contribution in [0.2, 0.25) is 0 Å². The van der Waals surface area contributed by atoms with Crippen LogP contribution in [0.25, 0.3) is 5.57 Å². The predicted octanol–water partition coefficient (Wildman–Crippen LogP) is 3.30. The van der Waals surface area contributed by atoms with Crippen molar-refractivity contribution in [2.24, 2.45) is 0 Å². The van der Waals surface area contributed by atoms with Crippen molar-refractivity contribution in [1.29, 1.82) is 5.26 Å². The van der Waals surface area contributed by atoms with E-state index in [-0.39, 0.29) is 10.9 Å². The Kier molecular flexibility index (Phi) is 2.57. The van der Waals surface area contributed by atoms with Gasteiger partial charge < -0.3 is 0 Å². The monoisotopic (exact) mass is 240 g/mol. The summed E-state index contributed by atoms with van der Waals surface area (Å²) in [6.45, 7) is 2.20. The first kappa shape index (κ1) is 10.7. The molecule has 2 aliphatic heterocycles. The molecule has 2 atom stereocenters. The van der Waals surface area contributed by atoms with Crippen molar-refractivity contribution >= 4 is 16.5 Å². The van der Waals surface area contributed by atoms with Gasteiger partial charge in [0.2, 0.25) is 0 Å². The molecule has 1 aromatic rings. The predicted molar refractivity (Wildman–Crippen MR) is 72.7 cm³/mol. The minimum atomic E-state index is 0.276. The zero-order chi connectivity index (χ0) is 11.8. The van der Waals surface area contributed by atoms with Crippen molar-refractivity contribution < 1.29 is 0 Å². The van der Waals surface area contributed by atoms with Gasteiger partial charge in [0.25, 0.3) is 0 Å². The molecule has 3 rings (SSSR count). The van der Waals surface area contributed by atoms with Crippen LogP contribution in [-0.4, -0.2) is 11.0 Å². The van der Waals surface area contributed by atoms with Crippen molar-refractivity contribution in [2.45, 2.75) is 23.5 Å². The fourth-order valence-corrected chi connectivity index (χ4v) is 5.24. The van der Waals surface area contributed by atoms with Gasteiger partial charge in [-0.1, -0.05) is 17.7 Å². The lowest BCUT2D eigenvalue weighted by molar-refractivity contribution is 0.957. The van der Waals surface area contributed by atoms with Gasteiger partial charge in [-0.25, -0.2) is 0 Å². The average molecular weight is 240 g/mol. The summed E-state index contributed by atoms with van der Waals surface area (Å²) in [6, 6.07) is 10.8. The minimum absolute atomic E-state index is 0.276. The summed E-state index contributed by atoms with van der Waals surface area (Å²) >= 11 is 0. The zero-order valence-electron chi connectivity index (χ0n) is 9.81. The molecule has 1 aromatic carbocycles. The Bertz CT molecular complexity index is 563. The molecule has 2 heteroatoms. The molecule has 2 unspecified atom stereocenters. The Morgan fingerprint density at radius 2 is 2.18 bits per heavy atom. The van der Waals surface area contributed by atoms with E-state index in [0.29, 0.717) is 5.25 Å². The highest BCUT2D eigenvalue weighted by Gasteiger charge is 2.39. The Labute approximate surface area is 105 Å². The van der Waals surface area contributed by atoms with Crippen molar-refractivity contribution in [3.8, 4) is 6.07 Å². The Balaban J connectivity index is 2.14. The molecule has 0 aliphatic carbocycles. The summed E-state index contributed by atoms with van der Waals surface area (Å²) in [5.41, 5.74) is 3.48. The third kappa shape index (κ3) is 1.71. The maximum atomic E-state index is 9.26. The number of benzene rings is 1. The molecular formula is C15H14NS+. The summed E-state index contributed by atoms with van der Waals surface area (Å²) in [5, 5.41) is 9.81. The van der Waals surface area contributed by atoms with Gasteiger partial charge in [-0.3, -0.25) is 0 Å².